The highest BCUT2D eigenvalue weighted by atomic mass is 32.2. The van der Waals surface area contributed by atoms with Gasteiger partial charge < -0.3 is 5.32 Å². The van der Waals surface area contributed by atoms with Gasteiger partial charge in [0.15, 0.2) is 0 Å². The van der Waals surface area contributed by atoms with Crippen LogP contribution in [-0.2, 0) is 10.0 Å². The highest BCUT2D eigenvalue weighted by Crippen LogP contribution is 2.25. The van der Waals surface area contributed by atoms with E-state index in [0.29, 0.717) is 17.3 Å². The molecule has 0 radical (unpaired) electrons. The lowest BCUT2D eigenvalue weighted by molar-refractivity contribution is 0.102. The molecule has 0 aliphatic rings. The Morgan fingerprint density at radius 2 is 1.65 bits per heavy atom. The number of anilines is 2. The molecule has 0 spiro atoms. The number of carbonyl (C=O) groups is 1. The fourth-order valence-corrected chi connectivity index (χ4v) is 4.70. The Bertz CT molecular complexity index is 1160. The number of amides is 1. The third kappa shape index (κ3) is 4.94. The molecule has 0 saturated carbocycles. The molecule has 3 aromatic carbocycles. The van der Waals surface area contributed by atoms with E-state index >= 15 is 0 Å². The highest BCUT2D eigenvalue weighted by molar-refractivity contribution is 7.92. The van der Waals surface area contributed by atoms with Gasteiger partial charge in [-0.2, -0.15) is 0 Å². The van der Waals surface area contributed by atoms with Gasteiger partial charge in [0, 0.05) is 12.2 Å². The number of hydrogen-bond donors (Lipinski definition) is 1. The summed E-state index contributed by atoms with van der Waals surface area (Å²) < 4.78 is 42.0. The molecule has 1 amide bonds. The van der Waals surface area contributed by atoms with Crippen LogP contribution in [0.2, 0.25) is 0 Å². The largest absolute Gasteiger partial charge is 0.322 e. The highest BCUT2D eigenvalue weighted by Gasteiger charge is 2.26. The number of sulfonamides is 1. The number of halogens is 1. The Morgan fingerprint density at radius 3 is 2.23 bits per heavy atom. The van der Waals surface area contributed by atoms with Gasteiger partial charge in [-0.25, -0.2) is 12.8 Å². The summed E-state index contributed by atoms with van der Waals surface area (Å²) in [6, 6.07) is 19.1. The second kappa shape index (κ2) is 9.31. The van der Waals surface area contributed by atoms with Gasteiger partial charge in [-0.1, -0.05) is 44.2 Å². The predicted molar refractivity (Wildman–Crippen MR) is 122 cm³/mol. The quantitative estimate of drug-likeness (QED) is 0.534. The first kappa shape index (κ1) is 22.5. The average molecular weight is 441 g/mol. The molecule has 3 aromatic rings. The zero-order valence-electron chi connectivity index (χ0n) is 17.7. The Balaban J connectivity index is 1.91. The summed E-state index contributed by atoms with van der Waals surface area (Å²) >= 11 is 0. The zero-order chi connectivity index (χ0) is 22.6. The minimum Gasteiger partial charge on any atom is -0.322 e. The molecule has 0 unspecified atom stereocenters. The summed E-state index contributed by atoms with van der Waals surface area (Å²) in [7, 11) is -3.98. The van der Waals surface area contributed by atoms with Crippen LogP contribution in [-0.4, -0.2) is 20.9 Å². The van der Waals surface area contributed by atoms with Gasteiger partial charge in [-0.05, 0) is 60.9 Å². The minimum atomic E-state index is -3.98. The van der Waals surface area contributed by atoms with Crippen LogP contribution in [0, 0.1) is 5.82 Å². The number of carbonyl (C=O) groups excluding carboxylic acids is 1. The van der Waals surface area contributed by atoms with Gasteiger partial charge in [0.05, 0.1) is 16.1 Å². The molecule has 3 rings (SSSR count). The fraction of sp³-hybridized carbons (Fsp3) is 0.208. The normalized spacial score (nSPS) is 11.4. The number of benzene rings is 3. The number of hydrogen-bond acceptors (Lipinski definition) is 3. The molecule has 5 nitrogen and oxygen atoms in total. The fourth-order valence-electron chi connectivity index (χ4n) is 3.20. The first-order chi connectivity index (χ1) is 14.7. The molecule has 0 aliphatic carbocycles. The maximum Gasteiger partial charge on any atom is 0.264 e. The Hall–Kier alpha value is -3.19. The lowest BCUT2D eigenvalue weighted by Gasteiger charge is -2.23. The van der Waals surface area contributed by atoms with E-state index in [1.54, 1.807) is 49.4 Å². The van der Waals surface area contributed by atoms with Gasteiger partial charge >= 0.3 is 0 Å². The van der Waals surface area contributed by atoms with E-state index in [0.717, 1.165) is 17.7 Å². The maximum absolute atomic E-state index is 14.4. The Kier molecular flexibility index (Phi) is 6.75. The minimum absolute atomic E-state index is 0.153. The van der Waals surface area contributed by atoms with Crippen LogP contribution in [0.4, 0.5) is 15.8 Å². The van der Waals surface area contributed by atoms with Crippen LogP contribution in [0.25, 0.3) is 0 Å². The van der Waals surface area contributed by atoms with E-state index in [1.165, 1.54) is 10.4 Å². The monoisotopic (exact) mass is 440 g/mol. The molecule has 31 heavy (non-hydrogen) atoms. The number of rotatable bonds is 7. The van der Waals surface area contributed by atoms with Crippen LogP contribution in [0.3, 0.4) is 0 Å². The average Bonchev–Trinajstić information content (AvgIpc) is 2.75. The van der Waals surface area contributed by atoms with Gasteiger partial charge in [-0.15, -0.1) is 0 Å². The van der Waals surface area contributed by atoms with Crippen LogP contribution in [0.5, 0.6) is 0 Å². The number of nitrogens with one attached hydrogen (secondary N) is 1. The second-order valence-electron chi connectivity index (χ2n) is 7.38. The predicted octanol–water partition coefficient (Wildman–Crippen LogP) is 5.42. The van der Waals surface area contributed by atoms with E-state index in [9.17, 15) is 17.6 Å². The van der Waals surface area contributed by atoms with Crippen molar-refractivity contribution in [2.24, 2.45) is 0 Å². The van der Waals surface area contributed by atoms with Crippen molar-refractivity contribution in [1.82, 2.24) is 0 Å². The molecule has 0 aromatic heterocycles. The van der Waals surface area contributed by atoms with Crippen LogP contribution < -0.4 is 9.62 Å². The molecule has 162 valence electrons. The molecular formula is C24H25FN2O3S. The van der Waals surface area contributed by atoms with Crippen LogP contribution in [0.15, 0.2) is 77.7 Å². The first-order valence-electron chi connectivity index (χ1n) is 10.0. The SMILES string of the molecule is CCN(c1ccccc1)S(=O)(=O)c1ccc(F)c(C(=O)Nc2ccc(C(C)C)cc2)c1. The van der Waals surface area contributed by atoms with Crippen molar-refractivity contribution in [3.05, 3.63) is 89.7 Å². The molecule has 0 heterocycles. The number of nitrogens with zero attached hydrogens (tertiary/aromatic N) is 1. The topological polar surface area (TPSA) is 66.5 Å². The lowest BCUT2D eigenvalue weighted by atomic mass is 10.0. The van der Waals surface area contributed by atoms with E-state index in [4.69, 9.17) is 0 Å². The van der Waals surface area contributed by atoms with Crippen molar-refractivity contribution in [2.75, 3.05) is 16.2 Å². The van der Waals surface area contributed by atoms with Crippen LogP contribution in [0.1, 0.15) is 42.6 Å². The molecule has 7 heteroatoms. The molecule has 1 N–H and O–H groups in total. The van der Waals surface area contributed by atoms with Crippen molar-refractivity contribution in [2.45, 2.75) is 31.6 Å². The molecule has 0 atom stereocenters. The van der Waals surface area contributed by atoms with Crippen molar-refractivity contribution in [1.29, 1.82) is 0 Å². The maximum atomic E-state index is 14.4. The summed E-state index contributed by atoms with van der Waals surface area (Å²) in [5, 5.41) is 2.63. The van der Waals surface area contributed by atoms with Crippen molar-refractivity contribution in [3.8, 4) is 0 Å². The summed E-state index contributed by atoms with van der Waals surface area (Å²) in [5.41, 5.74) is 1.77. The summed E-state index contributed by atoms with van der Waals surface area (Å²) in [6.45, 7) is 6.02. The third-order valence-electron chi connectivity index (χ3n) is 4.94. The van der Waals surface area contributed by atoms with E-state index < -0.39 is 21.7 Å². The Morgan fingerprint density at radius 1 is 1.00 bits per heavy atom. The summed E-state index contributed by atoms with van der Waals surface area (Å²) in [5.74, 6) is -1.16. The van der Waals surface area contributed by atoms with Gasteiger partial charge in [0.25, 0.3) is 15.9 Å². The Labute approximate surface area is 182 Å². The molecule has 0 bridgehead atoms. The first-order valence-corrected chi connectivity index (χ1v) is 11.5. The lowest BCUT2D eigenvalue weighted by Crippen LogP contribution is -2.31. The van der Waals surface area contributed by atoms with E-state index in [-0.39, 0.29) is 17.0 Å². The molecule has 0 fully saturated rings. The third-order valence-corrected chi connectivity index (χ3v) is 6.84. The van der Waals surface area contributed by atoms with Gasteiger partial charge in [0.1, 0.15) is 5.82 Å². The number of para-hydroxylation sites is 1. The van der Waals surface area contributed by atoms with Crippen molar-refractivity contribution >= 4 is 27.3 Å². The van der Waals surface area contributed by atoms with Crippen LogP contribution >= 0.6 is 0 Å². The van der Waals surface area contributed by atoms with Gasteiger partial charge in [-0.3, -0.25) is 9.10 Å². The van der Waals surface area contributed by atoms with Crippen molar-refractivity contribution < 1.29 is 17.6 Å². The second-order valence-corrected chi connectivity index (χ2v) is 9.24. The molecular weight excluding hydrogens is 415 g/mol. The van der Waals surface area contributed by atoms with E-state index in [1.807, 2.05) is 12.1 Å². The van der Waals surface area contributed by atoms with E-state index in [2.05, 4.69) is 19.2 Å². The summed E-state index contributed by atoms with van der Waals surface area (Å²) in [6.07, 6.45) is 0. The zero-order valence-corrected chi connectivity index (χ0v) is 18.5. The standard InChI is InChI=1S/C24H25FN2O3S/c1-4-27(20-8-6-5-7-9-20)31(29,30)21-14-15-23(25)22(16-21)24(28)26-19-12-10-18(11-13-19)17(2)3/h5-17H,4H2,1-3H3,(H,26,28). The smallest absolute Gasteiger partial charge is 0.264 e. The molecule has 0 saturated heterocycles. The molecule has 0 aliphatic heterocycles. The van der Waals surface area contributed by atoms with Gasteiger partial charge in [0.2, 0.25) is 0 Å². The summed E-state index contributed by atoms with van der Waals surface area (Å²) in [4.78, 5) is 12.5. The van der Waals surface area contributed by atoms with Crippen molar-refractivity contribution in [3.63, 3.8) is 0 Å².